The SMILES string of the molecule is CC(C)c1cc(CNC(=O)c2cccc(-c3cccc([C@@H](C)O)c3)c2)no1. The van der Waals surface area contributed by atoms with E-state index in [1.54, 1.807) is 13.0 Å². The number of nitrogens with one attached hydrogen (secondary N) is 1. The first kappa shape index (κ1) is 18.9. The summed E-state index contributed by atoms with van der Waals surface area (Å²) in [6.45, 7) is 6.11. The molecule has 2 aromatic carbocycles. The Bertz CT molecular complexity index is 929. The van der Waals surface area contributed by atoms with Gasteiger partial charge in [-0.25, -0.2) is 0 Å². The molecule has 0 spiro atoms. The first-order chi connectivity index (χ1) is 12.9. The van der Waals surface area contributed by atoms with Crippen molar-refractivity contribution in [3.63, 3.8) is 0 Å². The first-order valence-corrected chi connectivity index (χ1v) is 9.06. The number of hydrogen-bond donors (Lipinski definition) is 2. The van der Waals surface area contributed by atoms with Gasteiger partial charge in [-0.05, 0) is 41.8 Å². The summed E-state index contributed by atoms with van der Waals surface area (Å²) in [5, 5.41) is 16.6. The maximum atomic E-state index is 12.5. The van der Waals surface area contributed by atoms with E-state index in [4.69, 9.17) is 4.52 Å². The summed E-state index contributed by atoms with van der Waals surface area (Å²) < 4.78 is 5.25. The van der Waals surface area contributed by atoms with Gasteiger partial charge < -0.3 is 14.9 Å². The highest BCUT2D eigenvalue weighted by Gasteiger charge is 2.11. The van der Waals surface area contributed by atoms with Crippen molar-refractivity contribution in [2.24, 2.45) is 0 Å². The fourth-order valence-electron chi connectivity index (χ4n) is 2.77. The molecule has 0 saturated heterocycles. The fraction of sp³-hybridized carbons (Fsp3) is 0.273. The van der Waals surface area contributed by atoms with Crippen LogP contribution in [-0.2, 0) is 6.54 Å². The van der Waals surface area contributed by atoms with Gasteiger partial charge in [-0.15, -0.1) is 0 Å². The Balaban J connectivity index is 1.72. The van der Waals surface area contributed by atoms with Gasteiger partial charge in [0.25, 0.3) is 5.91 Å². The third-order valence-electron chi connectivity index (χ3n) is 4.40. The number of aliphatic hydroxyl groups is 1. The topological polar surface area (TPSA) is 75.4 Å². The quantitative estimate of drug-likeness (QED) is 0.678. The molecule has 140 valence electrons. The Morgan fingerprint density at radius 3 is 2.44 bits per heavy atom. The number of aliphatic hydroxyl groups excluding tert-OH is 1. The van der Waals surface area contributed by atoms with E-state index in [2.05, 4.69) is 10.5 Å². The minimum absolute atomic E-state index is 0.169. The molecule has 2 N–H and O–H groups in total. The number of hydrogen-bond acceptors (Lipinski definition) is 4. The smallest absolute Gasteiger partial charge is 0.251 e. The molecule has 0 aliphatic heterocycles. The van der Waals surface area contributed by atoms with Gasteiger partial charge in [-0.2, -0.15) is 0 Å². The zero-order chi connectivity index (χ0) is 19.4. The molecule has 5 nitrogen and oxygen atoms in total. The lowest BCUT2D eigenvalue weighted by Gasteiger charge is -2.09. The third kappa shape index (κ3) is 4.63. The molecule has 1 aromatic heterocycles. The van der Waals surface area contributed by atoms with Crippen molar-refractivity contribution in [3.8, 4) is 11.1 Å². The molecule has 0 fully saturated rings. The van der Waals surface area contributed by atoms with Gasteiger partial charge in [-0.1, -0.05) is 49.3 Å². The Hall–Kier alpha value is -2.92. The van der Waals surface area contributed by atoms with Crippen LogP contribution < -0.4 is 5.32 Å². The van der Waals surface area contributed by atoms with Crippen LogP contribution in [0.15, 0.2) is 59.1 Å². The van der Waals surface area contributed by atoms with E-state index in [9.17, 15) is 9.90 Å². The average Bonchev–Trinajstić information content (AvgIpc) is 3.16. The van der Waals surface area contributed by atoms with Gasteiger partial charge in [-0.3, -0.25) is 4.79 Å². The zero-order valence-electron chi connectivity index (χ0n) is 15.8. The molecule has 0 unspecified atom stereocenters. The summed E-state index contributed by atoms with van der Waals surface area (Å²) >= 11 is 0. The van der Waals surface area contributed by atoms with Crippen LogP contribution in [0.2, 0.25) is 0 Å². The van der Waals surface area contributed by atoms with Crippen molar-refractivity contribution in [3.05, 3.63) is 77.2 Å². The number of carbonyl (C=O) groups is 1. The molecular weight excluding hydrogens is 340 g/mol. The highest BCUT2D eigenvalue weighted by Crippen LogP contribution is 2.24. The maximum absolute atomic E-state index is 12.5. The van der Waals surface area contributed by atoms with Gasteiger partial charge in [0.1, 0.15) is 11.5 Å². The minimum atomic E-state index is -0.533. The molecule has 1 heterocycles. The lowest BCUT2D eigenvalue weighted by molar-refractivity contribution is 0.0950. The summed E-state index contributed by atoms with van der Waals surface area (Å²) in [5.41, 5.74) is 4.00. The monoisotopic (exact) mass is 364 g/mol. The molecule has 1 amide bonds. The Morgan fingerprint density at radius 2 is 1.78 bits per heavy atom. The van der Waals surface area contributed by atoms with Crippen LogP contribution in [0, 0.1) is 0 Å². The first-order valence-electron chi connectivity index (χ1n) is 9.06. The second-order valence-corrected chi connectivity index (χ2v) is 6.94. The molecule has 0 aliphatic carbocycles. The molecule has 3 aromatic rings. The van der Waals surface area contributed by atoms with E-state index in [0.29, 0.717) is 17.8 Å². The summed E-state index contributed by atoms with van der Waals surface area (Å²) in [6.07, 6.45) is -0.533. The predicted molar refractivity (Wildman–Crippen MR) is 104 cm³/mol. The maximum Gasteiger partial charge on any atom is 0.251 e. The second kappa shape index (κ2) is 8.18. The molecule has 0 saturated carbocycles. The molecule has 1 atom stereocenters. The van der Waals surface area contributed by atoms with Crippen LogP contribution in [0.4, 0.5) is 0 Å². The minimum Gasteiger partial charge on any atom is -0.389 e. The molecular formula is C22H24N2O3. The predicted octanol–water partition coefficient (Wildman–Crippen LogP) is 4.45. The summed E-state index contributed by atoms with van der Waals surface area (Å²) in [4.78, 5) is 12.5. The number of carbonyl (C=O) groups excluding carboxylic acids is 1. The number of benzene rings is 2. The van der Waals surface area contributed by atoms with Crippen LogP contribution >= 0.6 is 0 Å². The highest BCUT2D eigenvalue weighted by molar-refractivity contribution is 5.95. The average molecular weight is 364 g/mol. The van der Waals surface area contributed by atoms with Crippen LogP contribution in [0.5, 0.6) is 0 Å². The van der Waals surface area contributed by atoms with E-state index >= 15 is 0 Å². The molecule has 3 rings (SSSR count). The molecule has 0 bridgehead atoms. The lowest BCUT2D eigenvalue weighted by atomic mass is 9.99. The van der Waals surface area contributed by atoms with E-state index in [1.165, 1.54) is 0 Å². The van der Waals surface area contributed by atoms with E-state index in [0.717, 1.165) is 22.5 Å². The van der Waals surface area contributed by atoms with Crippen molar-refractivity contribution in [2.75, 3.05) is 0 Å². The third-order valence-corrected chi connectivity index (χ3v) is 4.40. The number of rotatable bonds is 6. The number of nitrogens with zero attached hydrogens (tertiary/aromatic N) is 1. The van der Waals surface area contributed by atoms with Crippen molar-refractivity contribution < 1.29 is 14.4 Å². The number of aromatic nitrogens is 1. The van der Waals surface area contributed by atoms with Crippen molar-refractivity contribution >= 4 is 5.91 Å². The Morgan fingerprint density at radius 1 is 1.07 bits per heavy atom. The van der Waals surface area contributed by atoms with Gasteiger partial charge in [0.2, 0.25) is 0 Å². The Kier molecular flexibility index (Phi) is 5.72. The standard InChI is InChI=1S/C22H24N2O3/c1-14(2)21-12-20(24-27-21)13-23-22(26)19-9-5-8-18(11-19)17-7-4-6-16(10-17)15(3)25/h4-12,14-15,25H,13H2,1-3H3,(H,23,26)/t15-/m1/s1. The molecule has 5 heteroatoms. The summed E-state index contributed by atoms with van der Waals surface area (Å²) in [7, 11) is 0. The van der Waals surface area contributed by atoms with E-state index in [1.807, 2.05) is 62.4 Å². The number of amides is 1. The van der Waals surface area contributed by atoms with Gasteiger partial charge in [0.05, 0.1) is 12.6 Å². The van der Waals surface area contributed by atoms with Gasteiger partial charge in [0.15, 0.2) is 0 Å². The van der Waals surface area contributed by atoms with E-state index in [-0.39, 0.29) is 11.8 Å². The van der Waals surface area contributed by atoms with Crippen LogP contribution in [0.25, 0.3) is 11.1 Å². The van der Waals surface area contributed by atoms with Crippen molar-refractivity contribution in [2.45, 2.75) is 39.3 Å². The zero-order valence-corrected chi connectivity index (χ0v) is 15.8. The normalized spacial score (nSPS) is 12.2. The van der Waals surface area contributed by atoms with Crippen LogP contribution in [-0.4, -0.2) is 16.2 Å². The summed E-state index contributed by atoms with van der Waals surface area (Å²) in [5.74, 6) is 0.896. The van der Waals surface area contributed by atoms with Gasteiger partial charge >= 0.3 is 0 Å². The molecule has 0 aliphatic rings. The Labute approximate surface area is 159 Å². The van der Waals surface area contributed by atoms with E-state index < -0.39 is 6.10 Å². The highest BCUT2D eigenvalue weighted by atomic mass is 16.5. The van der Waals surface area contributed by atoms with Gasteiger partial charge in [0, 0.05) is 17.5 Å². The summed E-state index contributed by atoms with van der Waals surface area (Å²) in [6, 6.07) is 17.0. The van der Waals surface area contributed by atoms with Crippen molar-refractivity contribution in [1.29, 1.82) is 0 Å². The fourth-order valence-corrected chi connectivity index (χ4v) is 2.77. The van der Waals surface area contributed by atoms with Crippen molar-refractivity contribution in [1.82, 2.24) is 10.5 Å². The van der Waals surface area contributed by atoms with Crippen LogP contribution in [0.1, 0.15) is 60.2 Å². The lowest BCUT2D eigenvalue weighted by Crippen LogP contribution is -2.22. The van der Waals surface area contributed by atoms with Crippen LogP contribution in [0.3, 0.4) is 0 Å². The molecule has 27 heavy (non-hydrogen) atoms. The largest absolute Gasteiger partial charge is 0.389 e. The second-order valence-electron chi connectivity index (χ2n) is 6.94. The molecule has 0 radical (unpaired) electrons.